The smallest absolute Gasteiger partial charge is 0.191 e. The summed E-state index contributed by atoms with van der Waals surface area (Å²) in [4.78, 5) is 9.61. The van der Waals surface area contributed by atoms with Gasteiger partial charge in [-0.05, 0) is 31.2 Å². The number of hydrogen-bond donors (Lipinski definition) is 2. The lowest BCUT2D eigenvalue weighted by atomic mass is 9.99. The second kappa shape index (κ2) is 8.15. The third kappa shape index (κ3) is 3.56. The average molecular weight is 425 g/mol. The van der Waals surface area contributed by atoms with Crippen molar-refractivity contribution in [3.8, 4) is 0 Å². The van der Waals surface area contributed by atoms with E-state index in [1.165, 1.54) is 5.56 Å². The van der Waals surface area contributed by atoms with Gasteiger partial charge in [-0.2, -0.15) is 0 Å². The van der Waals surface area contributed by atoms with Gasteiger partial charge in [0.05, 0.1) is 12.1 Å². The Hall–Kier alpha value is -2.19. The fraction of sp³-hybridized carbons (Fsp3) is 0.545. The normalized spacial score (nSPS) is 22.5. The molecule has 5 rings (SSSR count). The van der Waals surface area contributed by atoms with Crippen molar-refractivity contribution in [3.63, 3.8) is 0 Å². The van der Waals surface area contributed by atoms with E-state index < -0.39 is 0 Å². The zero-order valence-corrected chi connectivity index (χ0v) is 18.1. The molecule has 2 aliphatic carbocycles. The van der Waals surface area contributed by atoms with Gasteiger partial charge in [0, 0.05) is 17.7 Å². The maximum absolute atomic E-state index is 10.2. The molecule has 2 unspecified atom stereocenters. The Morgan fingerprint density at radius 1 is 1.20 bits per heavy atom. The van der Waals surface area contributed by atoms with Crippen molar-refractivity contribution in [2.45, 2.75) is 68.1 Å². The van der Waals surface area contributed by atoms with Gasteiger partial charge in [-0.3, -0.25) is 0 Å². The van der Waals surface area contributed by atoms with E-state index in [1.54, 1.807) is 11.8 Å². The number of benzene rings is 1. The second-order valence-electron chi connectivity index (χ2n) is 8.47. The van der Waals surface area contributed by atoms with Crippen LogP contribution < -0.4 is 5.32 Å². The molecule has 2 fully saturated rings. The lowest BCUT2D eigenvalue weighted by Gasteiger charge is -2.26. The number of thioether (sulfide) groups is 1. The van der Waals surface area contributed by atoms with Crippen LogP contribution in [0.1, 0.15) is 56.9 Å². The number of aromatic nitrogens is 5. The summed E-state index contributed by atoms with van der Waals surface area (Å²) in [5, 5.41) is 23.5. The molecule has 30 heavy (non-hydrogen) atoms. The first-order chi connectivity index (χ1) is 14.7. The Balaban J connectivity index is 1.49. The fourth-order valence-electron chi connectivity index (χ4n) is 4.54. The number of nitrogens with one attached hydrogen (secondary N) is 1. The number of rotatable bonds is 8. The molecule has 2 atom stereocenters. The molecular formula is C22H28N6OS. The highest BCUT2D eigenvalue weighted by atomic mass is 32.2. The van der Waals surface area contributed by atoms with Crippen molar-refractivity contribution >= 4 is 28.7 Å². The van der Waals surface area contributed by atoms with Crippen LogP contribution in [0.3, 0.4) is 0 Å². The highest BCUT2D eigenvalue weighted by Crippen LogP contribution is 2.44. The molecule has 2 saturated carbocycles. The molecular weight excluding hydrogens is 396 g/mol. The van der Waals surface area contributed by atoms with Gasteiger partial charge in [-0.15, -0.1) is 5.10 Å². The predicted octanol–water partition coefficient (Wildman–Crippen LogP) is 3.95. The van der Waals surface area contributed by atoms with E-state index >= 15 is 0 Å². The number of anilines is 1. The Bertz CT molecular complexity index is 1020. The van der Waals surface area contributed by atoms with Crippen molar-refractivity contribution in [3.05, 3.63) is 35.9 Å². The first kappa shape index (κ1) is 19.8. The van der Waals surface area contributed by atoms with Crippen LogP contribution in [-0.4, -0.2) is 48.5 Å². The van der Waals surface area contributed by atoms with Gasteiger partial charge in [-0.1, -0.05) is 67.1 Å². The van der Waals surface area contributed by atoms with E-state index in [9.17, 15) is 5.11 Å². The largest absolute Gasteiger partial charge is 0.394 e. The molecule has 8 heteroatoms. The van der Waals surface area contributed by atoms with E-state index in [4.69, 9.17) is 9.97 Å². The molecule has 1 aromatic carbocycles. The molecule has 3 aromatic rings. The van der Waals surface area contributed by atoms with Gasteiger partial charge in [0.1, 0.15) is 0 Å². The minimum atomic E-state index is -0.390. The van der Waals surface area contributed by atoms with Crippen molar-refractivity contribution in [2.24, 2.45) is 0 Å². The summed E-state index contributed by atoms with van der Waals surface area (Å²) in [6.45, 7) is 2.22. The van der Waals surface area contributed by atoms with Gasteiger partial charge in [-0.25, -0.2) is 14.6 Å². The molecule has 2 aliphatic rings. The van der Waals surface area contributed by atoms with Crippen LogP contribution in [0.4, 0.5) is 5.82 Å². The number of aliphatic hydroxyl groups is 1. The van der Waals surface area contributed by atoms with Crippen molar-refractivity contribution in [1.82, 2.24) is 25.0 Å². The van der Waals surface area contributed by atoms with Crippen LogP contribution in [0.5, 0.6) is 0 Å². The van der Waals surface area contributed by atoms with Gasteiger partial charge in [0.2, 0.25) is 0 Å². The highest BCUT2D eigenvalue weighted by molar-refractivity contribution is 7.99. The number of fused-ring (bicyclic) bond motifs is 1. The molecule has 2 heterocycles. The minimum Gasteiger partial charge on any atom is -0.394 e. The van der Waals surface area contributed by atoms with Crippen LogP contribution in [0.25, 0.3) is 11.2 Å². The predicted molar refractivity (Wildman–Crippen MR) is 119 cm³/mol. The van der Waals surface area contributed by atoms with Crippen molar-refractivity contribution < 1.29 is 5.11 Å². The minimum absolute atomic E-state index is 0.0639. The lowest BCUT2D eigenvalue weighted by Crippen LogP contribution is -2.35. The molecule has 158 valence electrons. The first-order valence-electron chi connectivity index (χ1n) is 10.9. The van der Waals surface area contributed by atoms with Crippen LogP contribution >= 0.6 is 11.8 Å². The Labute approximate surface area is 180 Å². The van der Waals surface area contributed by atoms with E-state index in [2.05, 4.69) is 52.9 Å². The van der Waals surface area contributed by atoms with Crippen LogP contribution in [0, 0.1) is 0 Å². The summed E-state index contributed by atoms with van der Waals surface area (Å²) in [5.41, 5.74) is 2.40. The number of hydrogen-bond acceptors (Lipinski definition) is 7. The zero-order valence-electron chi connectivity index (χ0n) is 17.3. The maximum atomic E-state index is 10.2. The molecule has 0 aliphatic heterocycles. The number of nitrogens with zero attached hydrogens (tertiary/aromatic N) is 5. The van der Waals surface area contributed by atoms with Gasteiger partial charge in [0.25, 0.3) is 0 Å². The van der Waals surface area contributed by atoms with Crippen molar-refractivity contribution in [1.29, 1.82) is 0 Å². The quantitative estimate of drug-likeness (QED) is 0.418. The molecule has 0 amide bonds. The summed E-state index contributed by atoms with van der Waals surface area (Å²) >= 11 is 1.66. The van der Waals surface area contributed by atoms with E-state index in [-0.39, 0.29) is 12.1 Å². The molecule has 7 nitrogen and oxygen atoms in total. The summed E-state index contributed by atoms with van der Waals surface area (Å²) in [7, 11) is 0. The summed E-state index contributed by atoms with van der Waals surface area (Å²) in [6.07, 6.45) is 6.15. The molecule has 0 bridgehead atoms. The third-order valence-corrected chi connectivity index (χ3v) is 7.39. The topological polar surface area (TPSA) is 88.8 Å². The number of aliphatic hydroxyl groups excluding tert-OH is 1. The zero-order chi connectivity index (χ0) is 20.6. The van der Waals surface area contributed by atoms with Crippen LogP contribution in [0.2, 0.25) is 0 Å². The Kier molecular flexibility index (Phi) is 5.37. The lowest BCUT2D eigenvalue weighted by molar-refractivity contribution is 0.126. The van der Waals surface area contributed by atoms with Gasteiger partial charge >= 0.3 is 0 Å². The SMILES string of the molecule is CCCSc1nc(NC2CC2c2ccccc2)c2nnn(C3(CO)CCCC3)c2n1. The summed E-state index contributed by atoms with van der Waals surface area (Å²) in [5.74, 6) is 2.23. The van der Waals surface area contributed by atoms with Crippen LogP contribution in [-0.2, 0) is 5.54 Å². The second-order valence-corrected chi connectivity index (χ2v) is 9.53. The standard InChI is InChI=1S/C22H28N6OS/c1-2-12-30-21-24-19(23-17-13-16(17)15-8-4-3-5-9-15)18-20(25-21)28(27-26-18)22(14-29)10-6-7-11-22/h3-5,8-9,16-17,29H,2,6-7,10-14H2,1H3,(H,23,24,25). The Morgan fingerprint density at radius 2 is 2.00 bits per heavy atom. The molecule has 0 saturated heterocycles. The van der Waals surface area contributed by atoms with E-state index in [0.717, 1.165) is 60.9 Å². The average Bonchev–Trinajstić information content (AvgIpc) is 3.17. The summed E-state index contributed by atoms with van der Waals surface area (Å²) in [6, 6.07) is 11.0. The van der Waals surface area contributed by atoms with Crippen LogP contribution in [0.15, 0.2) is 35.5 Å². The molecule has 0 radical (unpaired) electrons. The maximum Gasteiger partial charge on any atom is 0.191 e. The van der Waals surface area contributed by atoms with Gasteiger partial charge in [0.15, 0.2) is 22.1 Å². The monoisotopic (exact) mass is 424 g/mol. The highest BCUT2D eigenvalue weighted by Gasteiger charge is 2.41. The Morgan fingerprint density at radius 3 is 2.73 bits per heavy atom. The fourth-order valence-corrected chi connectivity index (χ4v) is 5.23. The molecule has 0 spiro atoms. The van der Waals surface area contributed by atoms with E-state index in [1.807, 2.05) is 4.68 Å². The molecule has 2 N–H and O–H groups in total. The third-order valence-electron chi connectivity index (χ3n) is 6.33. The molecule has 2 aromatic heterocycles. The summed E-state index contributed by atoms with van der Waals surface area (Å²) < 4.78 is 1.87. The van der Waals surface area contributed by atoms with Gasteiger partial charge < -0.3 is 10.4 Å². The van der Waals surface area contributed by atoms with E-state index in [0.29, 0.717) is 17.5 Å². The van der Waals surface area contributed by atoms with Crippen molar-refractivity contribution in [2.75, 3.05) is 17.7 Å². The first-order valence-corrected chi connectivity index (χ1v) is 11.9.